The number of hydrogen-bond donors (Lipinski definition) is 2. The Kier molecular flexibility index (Phi) is 7.20. The van der Waals surface area contributed by atoms with Crippen LogP contribution in [0.4, 0.5) is 0 Å². The van der Waals surface area contributed by atoms with Crippen molar-refractivity contribution in [3.8, 4) is 0 Å². The zero-order valence-corrected chi connectivity index (χ0v) is 13.3. The highest BCUT2D eigenvalue weighted by molar-refractivity contribution is 5.14. The fraction of sp³-hybridized carbons (Fsp3) is 0.667. The molecule has 2 N–H and O–H groups in total. The summed E-state index contributed by atoms with van der Waals surface area (Å²) in [5, 5.41) is 12.9. The predicted molar refractivity (Wildman–Crippen MR) is 88.2 cm³/mol. The van der Waals surface area contributed by atoms with Crippen molar-refractivity contribution in [2.75, 3.05) is 26.2 Å². The van der Waals surface area contributed by atoms with Crippen molar-refractivity contribution in [2.45, 2.75) is 45.2 Å². The number of nitrogens with one attached hydrogen (secondary N) is 1. The third-order valence-electron chi connectivity index (χ3n) is 4.43. The molecule has 1 aliphatic rings. The number of piperidine rings is 1. The molecule has 1 heterocycles. The van der Waals surface area contributed by atoms with E-state index in [0.29, 0.717) is 6.04 Å². The highest BCUT2D eigenvalue weighted by Gasteiger charge is 2.26. The van der Waals surface area contributed by atoms with Crippen molar-refractivity contribution in [3.05, 3.63) is 35.9 Å². The van der Waals surface area contributed by atoms with Crippen LogP contribution in [0.5, 0.6) is 0 Å². The van der Waals surface area contributed by atoms with Gasteiger partial charge < -0.3 is 10.4 Å². The zero-order chi connectivity index (χ0) is 14.9. The number of unbranched alkanes of at least 4 members (excludes halogenated alkanes) is 1. The Balaban J connectivity index is 1.84. The lowest BCUT2D eigenvalue weighted by Gasteiger charge is -2.38. The van der Waals surface area contributed by atoms with Crippen LogP contribution in [0.1, 0.15) is 38.2 Å². The van der Waals surface area contributed by atoms with Gasteiger partial charge >= 0.3 is 0 Å². The van der Waals surface area contributed by atoms with Gasteiger partial charge in [0.05, 0.1) is 6.61 Å². The molecule has 0 saturated carbocycles. The van der Waals surface area contributed by atoms with Gasteiger partial charge in [-0.2, -0.15) is 0 Å². The SMILES string of the molecule is CCCCC1CC(NCc2ccccc2)CN(CCO)C1. The van der Waals surface area contributed by atoms with E-state index in [-0.39, 0.29) is 6.61 Å². The van der Waals surface area contributed by atoms with Gasteiger partial charge in [-0.3, -0.25) is 4.90 Å². The first kappa shape index (κ1) is 16.5. The summed E-state index contributed by atoms with van der Waals surface area (Å²) in [7, 11) is 0. The predicted octanol–water partition coefficient (Wildman–Crippen LogP) is 2.65. The first-order valence-corrected chi connectivity index (χ1v) is 8.42. The van der Waals surface area contributed by atoms with Crippen LogP contribution in [-0.2, 0) is 6.54 Å². The van der Waals surface area contributed by atoms with E-state index in [1.165, 1.54) is 31.2 Å². The molecule has 118 valence electrons. The molecule has 0 bridgehead atoms. The maximum atomic E-state index is 9.21. The lowest BCUT2D eigenvalue weighted by Crippen LogP contribution is -2.49. The van der Waals surface area contributed by atoms with E-state index >= 15 is 0 Å². The third kappa shape index (κ3) is 5.77. The minimum absolute atomic E-state index is 0.270. The smallest absolute Gasteiger partial charge is 0.0558 e. The fourth-order valence-corrected chi connectivity index (χ4v) is 3.33. The molecule has 21 heavy (non-hydrogen) atoms. The molecular weight excluding hydrogens is 260 g/mol. The topological polar surface area (TPSA) is 35.5 Å². The molecule has 2 unspecified atom stereocenters. The molecule has 2 rings (SSSR count). The summed E-state index contributed by atoms with van der Waals surface area (Å²) in [6.45, 7) is 6.51. The molecule has 3 nitrogen and oxygen atoms in total. The number of aliphatic hydroxyl groups is 1. The fourth-order valence-electron chi connectivity index (χ4n) is 3.33. The third-order valence-corrected chi connectivity index (χ3v) is 4.43. The summed E-state index contributed by atoms with van der Waals surface area (Å²) in [4.78, 5) is 2.42. The van der Waals surface area contributed by atoms with Crippen molar-refractivity contribution >= 4 is 0 Å². The summed E-state index contributed by atoms with van der Waals surface area (Å²) in [5.41, 5.74) is 1.35. The number of β-amino-alcohol motifs (C(OH)–C–C–N with tert-alkyl or cyclic N) is 1. The van der Waals surface area contributed by atoms with Gasteiger partial charge in [0.25, 0.3) is 0 Å². The quantitative estimate of drug-likeness (QED) is 0.772. The molecule has 2 atom stereocenters. The maximum absolute atomic E-state index is 9.21. The van der Waals surface area contributed by atoms with Crippen LogP contribution in [0.15, 0.2) is 30.3 Å². The molecule has 1 aliphatic heterocycles. The first-order valence-electron chi connectivity index (χ1n) is 8.42. The Morgan fingerprint density at radius 1 is 1.24 bits per heavy atom. The minimum atomic E-state index is 0.270. The van der Waals surface area contributed by atoms with Gasteiger partial charge in [-0.05, 0) is 24.3 Å². The summed E-state index contributed by atoms with van der Waals surface area (Å²) in [6, 6.07) is 11.2. The zero-order valence-electron chi connectivity index (χ0n) is 13.3. The molecule has 1 fully saturated rings. The van der Waals surface area contributed by atoms with Gasteiger partial charge in [-0.25, -0.2) is 0 Å². The molecule has 0 radical (unpaired) electrons. The van der Waals surface area contributed by atoms with E-state index < -0.39 is 0 Å². The molecule has 1 saturated heterocycles. The average molecular weight is 290 g/mol. The lowest BCUT2D eigenvalue weighted by molar-refractivity contribution is 0.111. The van der Waals surface area contributed by atoms with Gasteiger partial charge in [-0.15, -0.1) is 0 Å². The molecule has 0 spiro atoms. The molecule has 1 aromatic carbocycles. The molecule has 0 amide bonds. The first-order chi connectivity index (χ1) is 10.3. The average Bonchev–Trinajstić information content (AvgIpc) is 2.52. The summed E-state index contributed by atoms with van der Waals surface area (Å²) >= 11 is 0. The van der Waals surface area contributed by atoms with Crippen LogP contribution in [0.3, 0.4) is 0 Å². The van der Waals surface area contributed by atoms with Crippen molar-refractivity contribution in [1.29, 1.82) is 0 Å². The van der Waals surface area contributed by atoms with Gasteiger partial charge in [0.1, 0.15) is 0 Å². The van der Waals surface area contributed by atoms with Gasteiger partial charge in [-0.1, -0.05) is 50.1 Å². The highest BCUT2D eigenvalue weighted by Crippen LogP contribution is 2.22. The van der Waals surface area contributed by atoms with Crippen molar-refractivity contribution in [1.82, 2.24) is 10.2 Å². The van der Waals surface area contributed by atoms with Crippen LogP contribution in [0, 0.1) is 5.92 Å². The Bertz CT molecular complexity index is 382. The molecule has 3 heteroatoms. The van der Waals surface area contributed by atoms with E-state index in [9.17, 15) is 5.11 Å². The molecular formula is C18H30N2O. The highest BCUT2D eigenvalue weighted by atomic mass is 16.3. The van der Waals surface area contributed by atoms with Crippen LogP contribution < -0.4 is 5.32 Å². The maximum Gasteiger partial charge on any atom is 0.0558 e. The standard InChI is InChI=1S/C18H30N2O/c1-2-3-7-17-12-18(15-20(14-17)10-11-21)19-13-16-8-5-4-6-9-16/h4-6,8-9,17-19,21H,2-3,7,10-15H2,1H3. The number of aliphatic hydroxyl groups excluding tert-OH is 1. The van der Waals surface area contributed by atoms with Crippen molar-refractivity contribution in [2.24, 2.45) is 5.92 Å². The minimum Gasteiger partial charge on any atom is -0.395 e. The second kappa shape index (κ2) is 9.19. The Morgan fingerprint density at radius 3 is 2.76 bits per heavy atom. The molecule has 1 aromatic rings. The van der Waals surface area contributed by atoms with E-state index in [4.69, 9.17) is 0 Å². The Labute approximate surface area is 129 Å². The number of hydrogen-bond acceptors (Lipinski definition) is 3. The van der Waals surface area contributed by atoms with Crippen LogP contribution in [0.2, 0.25) is 0 Å². The van der Waals surface area contributed by atoms with E-state index in [0.717, 1.165) is 32.1 Å². The van der Waals surface area contributed by atoms with Gasteiger partial charge in [0, 0.05) is 32.2 Å². The second-order valence-electron chi connectivity index (χ2n) is 6.29. The number of nitrogens with zero attached hydrogens (tertiary/aromatic N) is 1. The van der Waals surface area contributed by atoms with Crippen molar-refractivity contribution < 1.29 is 5.11 Å². The number of rotatable bonds is 8. The largest absolute Gasteiger partial charge is 0.395 e. The van der Waals surface area contributed by atoms with Crippen LogP contribution >= 0.6 is 0 Å². The second-order valence-corrected chi connectivity index (χ2v) is 6.29. The molecule has 0 aromatic heterocycles. The van der Waals surface area contributed by atoms with E-state index in [1.54, 1.807) is 0 Å². The summed E-state index contributed by atoms with van der Waals surface area (Å²) in [5.74, 6) is 0.776. The van der Waals surface area contributed by atoms with E-state index in [2.05, 4.69) is 47.5 Å². The molecule has 0 aliphatic carbocycles. The number of benzene rings is 1. The Hall–Kier alpha value is -0.900. The monoisotopic (exact) mass is 290 g/mol. The summed E-state index contributed by atoms with van der Waals surface area (Å²) < 4.78 is 0. The van der Waals surface area contributed by atoms with Crippen LogP contribution in [-0.4, -0.2) is 42.3 Å². The van der Waals surface area contributed by atoms with Crippen LogP contribution in [0.25, 0.3) is 0 Å². The van der Waals surface area contributed by atoms with Crippen molar-refractivity contribution in [3.63, 3.8) is 0 Å². The van der Waals surface area contributed by atoms with Gasteiger partial charge in [0.2, 0.25) is 0 Å². The number of likely N-dealkylation sites (tertiary alicyclic amines) is 1. The normalized spacial score (nSPS) is 23.3. The van der Waals surface area contributed by atoms with Gasteiger partial charge in [0.15, 0.2) is 0 Å². The summed E-state index contributed by atoms with van der Waals surface area (Å²) in [6.07, 6.45) is 5.19. The Morgan fingerprint density at radius 2 is 2.05 bits per heavy atom. The lowest BCUT2D eigenvalue weighted by atomic mass is 9.90. The van der Waals surface area contributed by atoms with E-state index in [1.807, 2.05) is 0 Å².